The van der Waals surface area contributed by atoms with Crippen LogP contribution < -0.4 is 10.2 Å². The minimum absolute atomic E-state index is 0.100. The molecule has 1 atom stereocenters. The second kappa shape index (κ2) is 5.88. The first-order chi connectivity index (χ1) is 10.2. The Bertz CT molecular complexity index is 624. The zero-order valence-corrected chi connectivity index (χ0v) is 12.6. The van der Waals surface area contributed by atoms with Gasteiger partial charge in [-0.2, -0.15) is 0 Å². The number of nitrogens with zero attached hydrogens (tertiary/aromatic N) is 1. The van der Waals surface area contributed by atoms with Crippen molar-refractivity contribution in [1.82, 2.24) is 5.32 Å². The van der Waals surface area contributed by atoms with Crippen LogP contribution in [0.5, 0.6) is 0 Å². The molecule has 3 nitrogen and oxygen atoms in total. The predicted molar refractivity (Wildman–Crippen MR) is 87.3 cm³/mol. The molecule has 110 valence electrons. The summed E-state index contributed by atoms with van der Waals surface area (Å²) in [4.78, 5) is 2.26. The van der Waals surface area contributed by atoms with Gasteiger partial charge >= 0.3 is 0 Å². The Morgan fingerprint density at radius 3 is 2.43 bits per heavy atom. The molecule has 0 amide bonds. The average molecular weight is 282 g/mol. The van der Waals surface area contributed by atoms with E-state index in [9.17, 15) is 5.11 Å². The molecule has 1 heterocycles. The quantitative estimate of drug-likeness (QED) is 0.904. The van der Waals surface area contributed by atoms with Crippen molar-refractivity contribution in [2.75, 3.05) is 18.1 Å². The minimum Gasteiger partial charge on any atom is -0.395 e. The highest BCUT2D eigenvalue weighted by molar-refractivity contribution is 5.84. The maximum atomic E-state index is 9.47. The smallest absolute Gasteiger partial charge is 0.107 e. The van der Waals surface area contributed by atoms with E-state index in [4.69, 9.17) is 0 Å². The molecule has 0 saturated heterocycles. The molecular weight excluding hydrogens is 260 g/mol. The second-order valence-corrected chi connectivity index (χ2v) is 5.75. The molecule has 2 N–H and O–H groups in total. The Hall–Kier alpha value is -1.84. The normalized spacial score (nSPS) is 16.8. The number of hydrogen-bond acceptors (Lipinski definition) is 3. The molecule has 0 aromatic heterocycles. The largest absolute Gasteiger partial charge is 0.395 e. The standard InChI is InChI=1S/C18H22N2O/c1-13(2)19-18-16-9-4-3-7-14(16)15-8-5-6-10-17(15)20(18)11-12-21/h3-10,13,18-19,21H,11-12H2,1-2H3. The molecule has 2 aromatic carbocycles. The van der Waals surface area contributed by atoms with E-state index in [2.05, 4.69) is 72.6 Å². The summed E-state index contributed by atoms with van der Waals surface area (Å²) in [5.74, 6) is 0. The summed E-state index contributed by atoms with van der Waals surface area (Å²) < 4.78 is 0. The molecule has 3 rings (SSSR count). The van der Waals surface area contributed by atoms with Crippen molar-refractivity contribution < 1.29 is 5.11 Å². The lowest BCUT2D eigenvalue weighted by molar-refractivity contribution is 0.291. The van der Waals surface area contributed by atoms with Gasteiger partial charge in [-0.3, -0.25) is 5.32 Å². The number of para-hydroxylation sites is 1. The Kier molecular flexibility index (Phi) is 3.95. The van der Waals surface area contributed by atoms with E-state index in [0.717, 1.165) is 0 Å². The Morgan fingerprint density at radius 2 is 1.71 bits per heavy atom. The summed E-state index contributed by atoms with van der Waals surface area (Å²) in [7, 11) is 0. The fraction of sp³-hybridized carbons (Fsp3) is 0.333. The van der Waals surface area contributed by atoms with Crippen LogP contribution >= 0.6 is 0 Å². The maximum absolute atomic E-state index is 9.47. The summed E-state index contributed by atoms with van der Waals surface area (Å²) in [5.41, 5.74) is 4.98. The highest BCUT2D eigenvalue weighted by Crippen LogP contribution is 2.43. The molecule has 0 saturated carbocycles. The third-order valence-electron chi connectivity index (χ3n) is 3.90. The molecule has 0 bridgehead atoms. The van der Waals surface area contributed by atoms with Gasteiger partial charge in [0.15, 0.2) is 0 Å². The molecule has 3 heteroatoms. The van der Waals surface area contributed by atoms with Gasteiger partial charge < -0.3 is 10.0 Å². The summed E-state index contributed by atoms with van der Waals surface area (Å²) in [6, 6.07) is 17.3. The van der Waals surface area contributed by atoms with Gasteiger partial charge in [0.25, 0.3) is 0 Å². The van der Waals surface area contributed by atoms with Crippen LogP contribution in [-0.4, -0.2) is 24.3 Å². The van der Waals surface area contributed by atoms with Crippen LogP contribution in [0.25, 0.3) is 11.1 Å². The fourth-order valence-corrected chi connectivity index (χ4v) is 3.09. The highest BCUT2D eigenvalue weighted by atomic mass is 16.3. The number of fused-ring (bicyclic) bond motifs is 3. The summed E-state index contributed by atoms with van der Waals surface area (Å²) in [6.45, 7) is 5.07. The van der Waals surface area contributed by atoms with Gasteiger partial charge in [-0.25, -0.2) is 0 Å². The molecule has 0 spiro atoms. The van der Waals surface area contributed by atoms with Crippen LogP contribution in [-0.2, 0) is 0 Å². The number of nitrogens with one attached hydrogen (secondary N) is 1. The van der Waals surface area contributed by atoms with Gasteiger partial charge in [-0.1, -0.05) is 42.5 Å². The van der Waals surface area contributed by atoms with Crippen molar-refractivity contribution in [1.29, 1.82) is 0 Å². The first-order valence-corrected chi connectivity index (χ1v) is 7.54. The number of hydrogen-bond donors (Lipinski definition) is 2. The zero-order chi connectivity index (χ0) is 14.8. The van der Waals surface area contributed by atoms with Crippen LogP contribution in [0.15, 0.2) is 48.5 Å². The van der Waals surface area contributed by atoms with Crippen molar-refractivity contribution in [3.05, 3.63) is 54.1 Å². The lowest BCUT2D eigenvalue weighted by atomic mass is 9.91. The molecule has 21 heavy (non-hydrogen) atoms. The molecule has 0 fully saturated rings. The minimum atomic E-state index is 0.100. The number of aliphatic hydroxyl groups is 1. The summed E-state index contributed by atoms with van der Waals surface area (Å²) >= 11 is 0. The average Bonchev–Trinajstić information content (AvgIpc) is 2.50. The van der Waals surface area contributed by atoms with Crippen LogP contribution in [0.2, 0.25) is 0 Å². The van der Waals surface area contributed by atoms with Crippen molar-refractivity contribution >= 4 is 5.69 Å². The highest BCUT2D eigenvalue weighted by Gasteiger charge is 2.30. The molecule has 2 aromatic rings. The van der Waals surface area contributed by atoms with Crippen LogP contribution in [0.3, 0.4) is 0 Å². The fourth-order valence-electron chi connectivity index (χ4n) is 3.09. The third kappa shape index (κ3) is 2.55. The van der Waals surface area contributed by atoms with E-state index in [1.165, 1.54) is 22.4 Å². The number of β-amino-alcohol motifs (C(OH)–C–C–N with tert-alkyl or cyclic N) is 1. The number of benzene rings is 2. The third-order valence-corrected chi connectivity index (χ3v) is 3.90. The van der Waals surface area contributed by atoms with Crippen molar-refractivity contribution in [2.45, 2.75) is 26.1 Å². The van der Waals surface area contributed by atoms with Gasteiger partial charge in [0.1, 0.15) is 6.17 Å². The summed E-state index contributed by atoms with van der Waals surface area (Å²) in [5, 5.41) is 13.1. The molecule has 1 aliphatic heterocycles. The number of anilines is 1. The molecule has 1 aliphatic rings. The first kappa shape index (κ1) is 14.1. The van der Waals surface area contributed by atoms with Crippen molar-refractivity contribution in [3.8, 4) is 11.1 Å². The van der Waals surface area contributed by atoms with Crippen molar-refractivity contribution in [2.24, 2.45) is 0 Å². The molecule has 0 aliphatic carbocycles. The van der Waals surface area contributed by atoms with Crippen LogP contribution in [0.4, 0.5) is 5.69 Å². The van der Waals surface area contributed by atoms with Crippen molar-refractivity contribution in [3.63, 3.8) is 0 Å². The van der Waals surface area contributed by atoms with E-state index in [-0.39, 0.29) is 12.8 Å². The van der Waals surface area contributed by atoms with Crippen LogP contribution in [0, 0.1) is 0 Å². The van der Waals surface area contributed by atoms with Gasteiger partial charge in [-0.05, 0) is 31.0 Å². The number of rotatable bonds is 4. The lowest BCUT2D eigenvalue weighted by Gasteiger charge is -2.41. The molecule has 0 radical (unpaired) electrons. The lowest BCUT2D eigenvalue weighted by Crippen LogP contribution is -2.44. The second-order valence-electron chi connectivity index (χ2n) is 5.75. The van der Waals surface area contributed by atoms with E-state index in [1.807, 2.05) is 0 Å². The zero-order valence-electron chi connectivity index (χ0n) is 12.6. The Labute approximate surface area is 126 Å². The topological polar surface area (TPSA) is 35.5 Å². The van der Waals surface area contributed by atoms with Gasteiger partial charge in [0.2, 0.25) is 0 Å². The van der Waals surface area contributed by atoms with Gasteiger partial charge in [-0.15, -0.1) is 0 Å². The van der Waals surface area contributed by atoms with E-state index >= 15 is 0 Å². The van der Waals surface area contributed by atoms with E-state index < -0.39 is 0 Å². The monoisotopic (exact) mass is 282 g/mol. The summed E-state index contributed by atoms with van der Waals surface area (Å²) in [6.07, 6.45) is 0.100. The maximum Gasteiger partial charge on any atom is 0.107 e. The Morgan fingerprint density at radius 1 is 1.05 bits per heavy atom. The predicted octanol–water partition coefficient (Wildman–Crippen LogP) is 3.16. The molecular formula is C18H22N2O. The van der Waals surface area contributed by atoms with E-state index in [1.54, 1.807) is 0 Å². The molecule has 1 unspecified atom stereocenters. The van der Waals surface area contributed by atoms with E-state index in [0.29, 0.717) is 12.6 Å². The van der Waals surface area contributed by atoms with Gasteiger partial charge in [0, 0.05) is 23.8 Å². The Balaban J connectivity index is 2.16. The SMILES string of the molecule is CC(C)NC1c2ccccc2-c2ccccc2N1CCO. The number of aliphatic hydroxyl groups excluding tert-OH is 1. The first-order valence-electron chi connectivity index (χ1n) is 7.54. The van der Waals surface area contributed by atoms with Crippen LogP contribution in [0.1, 0.15) is 25.6 Å². The van der Waals surface area contributed by atoms with Gasteiger partial charge in [0.05, 0.1) is 6.61 Å².